The fraction of sp³-hybridized carbons (Fsp3) is 0.333. The van der Waals surface area contributed by atoms with Crippen molar-refractivity contribution in [2.45, 2.75) is 32.8 Å². The number of ether oxygens (including phenoxy) is 1. The van der Waals surface area contributed by atoms with E-state index < -0.39 is 23.3 Å². The number of halogens is 4. The van der Waals surface area contributed by atoms with Gasteiger partial charge in [-0.15, -0.1) is 0 Å². The van der Waals surface area contributed by atoms with Gasteiger partial charge in [-0.1, -0.05) is 23.2 Å². The molecule has 0 fully saturated rings. The molecular weight excluding hydrogens is 385 g/mol. The Kier molecular flexibility index (Phi) is 4.61. The Labute approximate surface area is 159 Å². The van der Waals surface area contributed by atoms with E-state index in [9.17, 15) is 13.6 Å². The van der Waals surface area contributed by atoms with Crippen LogP contribution in [0.5, 0.6) is 0 Å². The first kappa shape index (κ1) is 18.9. The van der Waals surface area contributed by atoms with Gasteiger partial charge in [-0.05, 0) is 26.3 Å². The van der Waals surface area contributed by atoms with Crippen LogP contribution in [-0.4, -0.2) is 23.7 Å². The van der Waals surface area contributed by atoms with Crippen molar-refractivity contribution in [1.29, 1.82) is 0 Å². The number of fused-ring (bicyclic) bond motifs is 3. The topological polar surface area (TPSA) is 42.4 Å². The molecule has 26 heavy (non-hydrogen) atoms. The van der Waals surface area contributed by atoms with Crippen molar-refractivity contribution >= 4 is 35.0 Å². The van der Waals surface area contributed by atoms with Gasteiger partial charge >= 0.3 is 6.09 Å². The molecular formula is C18H16Cl2F2N2O2. The lowest BCUT2D eigenvalue weighted by atomic mass is 10.0. The number of carbonyl (C=O) groups excluding carboxylic acids is 1. The highest BCUT2D eigenvalue weighted by atomic mass is 35.5. The van der Waals surface area contributed by atoms with Crippen LogP contribution in [0.1, 0.15) is 32.0 Å². The number of hydrogen-bond acceptors (Lipinski definition) is 3. The summed E-state index contributed by atoms with van der Waals surface area (Å²) in [5.74, 6) is -2.15. The predicted octanol–water partition coefficient (Wildman–Crippen LogP) is 5.61. The van der Waals surface area contributed by atoms with Crippen molar-refractivity contribution < 1.29 is 18.3 Å². The van der Waals surface area contributed by atoms with Gasteiger partial charge in [0.05, 0.1) is 21.4 Å². The number of pyridine rings is 1. The Bertz CT molecular complexity index is 927. The van der Waals surface area contributed by atoms with Gasteiger partial charge in [0.1, 0.15) is 5.60 Å². The molecule has 0 aliphatic heterocycles. The maximum absolute atomic E-state index is 14.6. The summed E-state index contributed by atoms with van der Waals surface area (Å²) in [6.45, 7) is 5.15. The summed E-state index contributed by atoms with van der Waals surface area (Å²) in [5.41, 5.74) is 0.574. The van der Waals surface area contributed by atoms with E-state index in [-0.39, 0.29) is 33.3 Å². The summed E-state index contributed by atoms with van der Waals surface area (Å²) >= 11 is 12.2. The monoisotopic (exact) mass is 400 g/mol. The van der Waals surface area contributed by atoms with E-state index in [1.165, 1.54) is 13.2 Å². The second-order valence-electron chi connectivity index (χ2n) is 7.00. The smallest absolute Gasteiger partial charge is 0.414 e. The van der Waals surface area contributed by atoms with E-state index in [4.69, 9.17) is 27.9 Å². The summed E-state index contributed by atoms with van der Waals surface area (Å²) in [7, 11) is 1.44. The van der Waals surface area contributed by atoms with Gasteiger partial charge in [0.25, 0.3) is 0 Å². The molecule has 2 aromatic rings. The van der Waals surface area contributed by atoms with Crippen LogP contribution in [0.15, 0.2) is 12.3 Å². The Hall–Kier alpha value is -1.92. The molecule has 4 nitrogen and oxygen atoms in total. The first-order valence-corrected chi connectivity index (χ1v) is 8.57. The molecule has 1 aliphatic rings. The van der Waals surface area contributed by atoms with Crippen molar-refractivity contribution in [2.75, 3.05) is 11.9 Å². The molecule has 0 saturated carbocycles. The number of benzene rings is 1. The molecule has 0 N–H and O–H groups in total. The van der Waals surface area contributed by atoms with Crippen LogP contribution in [0.4, 0.5) is 19.3 Å². The number of carbonyl (C=O) groups is 1. The lowest BCUT2D eigenvalue weighted by Gasteiger charge is -2.26. The highest BCUT2D eigenvalue weighted by Gasteiger charge is 2.33. The summed E-state index contributed by atoms with van der Waals surface area (Å²) in [4.78, 5) is 17.7. The number of nitrogens with zero attached hydrogens (tertiary/aromatic N) is 2. The third kappa shape index (κ3) is 3.12. The van der Waals surface area contributed by atoms with E-state index in [0.717, 1.165) is 11.0 Å². The van der Waals surface area contributed by atoms with Crippen molar-refractivity contribution in [3.05, 3.63) is 45.2 Å². The number of hydrogen-bond donors (Lipinski definition) is 0. The minimum Gasteiger partial charge on any atom is -0.443 e. The number of aromatic nitrogens is 1. The molecule has 1 aromatic heterocycles. The zero-order valence-corrected chi connectivity index (χ0v) is 16.1. The van der Waals surface area contributed by atoms with E-state index in [2.05, 4.69) is 4.98 Å². The predicted molar refractivity (Wildman–Crippen MR) is 97.1 cm³/mol. The molecule has 0 atom stereocenters. The zero-order chi connectivity index (χ0) is 19.4. The minimum atomic E-state index is -1.10. The van der Waals surface area contributed by atoms with Crippen LogP contribution in [0, 0.1) is 11.6 Å². The van der Waals surface area contributed by atoms with Crippen LogP contribution in [-0.2, 0) is 11.2 Å². The third-order valence-electron chi connectivity index (χ3n) is 3.98. The molecule has 0 bridgehead atoms. The number of rotatable bonds is 1. The summed E-state index contributed by atoms with van der Waals surface area (Å²) in [6, 6.07) is 0.972. The van der Waals surface area contributed by atoms with Gasteiger partial charge in [0.2, 0.25) is 0 Å². The van der Waals surface area contributed by atoms with Crippen LogP contribution in [0.25, 0.3) is 11.1 Å². The third-order valence-corrected chi connectivity index (χ3v) is 4.75. The molecule has 8 heteroatoms. The SMILES string of the molecule is CN(C(=O)OC(C)(C)C)c1cc(F)c(F)c2c1Cc1ncc(Cl)c(Cl)c1-2. The molecule has 1 amide bonds. The average Bonchev–Trinajstić information content (AvgIpc) is 2.92. The number of anilines is 1. The van der Waals surface area contributed by atoms with Crippen LogP contribution >= 0.6 is 23.2 Å². The molecule has 1 aliphatic carbocycles. The standard InChI is InChI=1S/C18H16Cl2F2N2O2/c1-18(2,3)26-17(25)24(4)12-6-10(21)16(22)13-8(12)5-11-14(13)15(20)9(19)7-23-11/h6-7H,5H2,1-4H3. The first-order valence-electron chi connectivity index (χ1n) is 7.82. The average molecular weight is 401 g/mol. The maximum Gasteiger partial charge on any atom is 0.414 e. The Morgan fingerprint density at radius 2 is 1.92 bits per heavy atom. The minimum absolute atomic E-state index is 0.0228. The highest BCUT2D eigenvalue weighted by Crippen LogP contribution is 2.47. The Morgan fingerprint density at radius 1 is 1.27 bits per heavy atom. The van der Waals surface area contributed by atoms with Gasteiger partial charge in [-0.3, -0.25) is 9.88 Å². The van der Waals surface area contributed by atoms with Gasteiger partial charge < -0.3 is 4.74 Å². The van der Waals surface area contributed by atoms with Crippen LogP contribution in [0.3, 0.4) is 0 Å². The van der Waals surface area contributed by atoms with Crippen LogP contribution < -0.4 is 4.90 Å². The summed E-state index contributed by atoms with van der Waals surface area (Å²) in [6.07, 6.45) is 0.875. The molecule has 0 spiro atoms. The van der Waals surface area contributed by atoms with Crippen molar-refractivity contribution in [3.63, 3.8) is 0 Å². The lowest BCUT2D eigenvalue weighted by molar-refractivity contribution is 0.0589. The highest BCUT2D eigenvalue weighted by molar-refractivity contribution is 6.43. The maximum atomic E-state index is 14.6. The zero-order valence-electron chi connectivity index (χ0n) is 14.6. The molecule has 1 aromatic carbocycles. The van der Waals surface area contributed by atoms with Crippen molar-refractivity contribution in [3.8, 4) is 11.1 Å². The summed E-state index contributed by atoms with van der Waals surface area (Å²) < 4.78 is 34.2. The fourth-order valence-corrected chi connectivity index (χ4v) is 3.27. The van der Waals surface area contributed by atoms with Gasteiger partial charge in [0.15, 0.2) is 11.6 Å². The van der Waals surface area contributed by atoms with E-state index in [1.54, 1.807) is 20.8 Å². The molecule has 3 rings (SSSR count). The fourth-order valence-electron chi connectivity index (χ4n) is 2.88. The van der Waals surface area contributed by atoms with Crippen molar-refractivity contribution in [1.82, 2.24) is 4.98 Å². The van der Waals surface area contributed by atoms with Crippen LogP contribution in [0.2, 0.25) is 10.0 Å². The second-order valence-corrected chi connectivity index (χ2v) is 7.79. The normalized spacial score (nSPS) is 12.6. The van der Waals surface area contributed by atoms with Gasteiger partial charge in [-0.2, -0.15) is 0 Å². The van der Waals surface area contributed by atoms with Gasteiger partial charge in [-0.25, -0.2) is 13.6 Å². The van der Waals surface area contributed by atoms with E-state index in [1.807, 2.05) is 0 Å². The Morgan fingerprint density at radius 3 is 2.54 bits per heavy atom. The Balaban J connectivity index is 2.16. The van der Waals surface area contributed by atoms with Gasteiger partial charge in [0, 0.05) is 36.9 Å². The number of amides is 1. The first-order chi connectivity index (χ1) is 12.0. The molecule has 0 radical (unpaired) electrons. The second kappa shape index (κ2) is 6.35. The molecule has 0 unspecified atom stereocenters. The largest absolute Gasteiger partial charge is 0.443 e. The molecule has 138 valence electrons. The summed E-state index contributed by atoms with van der Waals surface area (Å²) in [5, 5.41) is 0.245. The molecule has 0 saturated heterocycles. The lowest BCUT2D eigenvalue weighted by Crippen LogP contribution is -2.34. The molecule has 1 heterocycles. The van der Waals surface area contributed by atoms with Crippen molar-refractivity contribution in [2.24, 2.45) is 0 Å². The van der Waals surface area contributed by atoms with E-state index in [0.29, 0.717) is 11.3 Å². The van der Waals surface area contributed by atoms with E-state index >= 15 is 0 Å². The quantitative estimate of drug-likeness (QED) is 0.533.